The van der Waals surface area contributed by atoms with Gasteiger partial charge in [0.25, 0.3) is 5.89 Å². The van der Waals surface area contributed by atoms with Crippen LogP contribution in [0.25, 0.3) is 23.0 Å². The molecular formula is C28H28F3N5O4. The Morgan fingerprint density at radius 3 is 2.58 bits per heavy atom. The van der Waals surface area contributed by atoms with Crippen LogP contribution >= 0.6 is 0 Å². The molecule has 5 rings (SSSR count). The monoisotopic (exact) mass is 555 g/mol. The van der Waals surface area contributed by atoms with E-state index in [0.717, 1.165) is 16.9 Å². The molecular weight excluding hydrogens is 527 g/mol. The third-order valence-corrected chi connectivity index (χ3v) is 6.30. The van der Waals surface area contributed by atoms with E-state index in [4.69, 9.17) is 9.26 Å². The van der Waals surface area contributed by atoms with Crippen LogP contribution in [-0.4, -0.2) is 51.4 Å². The number of alkyl halides is 3. The van der Waals surface area contributed by atoms with E-state index in [2.05, 4.69) is 30.9 Å². The van der Waals surface area contributed by atoms with Gasteiger partial charge in [-0.3, -0.25) is 9.48 Å². The predicted octanol–water partition coefficient (Wildman–Crippen LogP) is 5.63. The van der Waals surface area contributed by atoms with E-state index in [1.807, 2.05) is 49.7 Å². The zero-order chi connectivity index (χ0) is 28.4. The van der Waals surface area contributed by atoms with Crippen molar-refractivity contribution >= 4 is 11.7 Å². The number of esters is 1. The molecule has 0 bridgehead atoms. The molecule has 0 saturated carbocycles. The van der Waals surface area contributed by atoms with E-state index in [0.29, 0.717) is 37.3 Å². The minimum Gasteiger partial charge on any atom is -0.459 e. The lowest BCUT2D eigenvalue weighted by Crippen LogP contribution is -2.53. The molecule has 1 aliphatic heterocycles. The number of halogens is 3. The Morgan fingerprint density at radius 1 is 1.12 bits per heavy atom. The van der Waals surface area contributed by atoms with Gasteiger partial charge in [0.2, 0.25) is 5.82 Å². The summed E-state index contributed by atoms with van der Waals surface area (Å²) in [7, 11) is 0. The van der Waals surface area contributed by atoms with Crippen LogP contribution in [0, 0.1) is 12.8 Å². The SMILES string of the molecule is Cc1cc(-c2nc(-c3ccc(OC(F)(F)F)cc3)no2)nn1Cc1cccc(N2CC(OC(=O)CC(C)C)C2)c1. The minimum atomic E-state index is -4.76. The number of aromatic nitrogens is 4. The number of anilines is 1. The summed E-state index contributed by atoms with van der Waals surface area (Å²) >= 11 is 0. The number of nitrogens with zero attached hydrogens (tertiary/aromatic N) is 5. The van der Waals surface area contributed by atoms with Crippen LogP contribution in [-0.2, 0) is 16.1 Å². The Labute approximate surface area is 228 Å². The largest absolute Gasteiger partial charge is 0.573 e. The van der Waals surface area contributed by atoms with Gasteiger partial charge < -0.3 is 18.9 Å². The molecule has 0 amide bonds. The number of rotatable bonds is 9. The number of carbonyl (C=O) groups excluding carboxylic acids is 1. The number of hydrogen-bond donors (Lipinski definition) is 0. The normalized spacial score (nSPS) is 13.9. The second kappa shape index (κ2) is 11.0. The van der Waals surface area contributed by atoms with Crippen LogP contribution < -0.4 is 9.64 Å². The van der Waals surface area contributed by atoms with E-state index < -0.39 is 6.36 Å². The van der Waals surface area contributed by atoms with E-state index in [1.165, 1.54) is 24.3 Å². The first-order chi connectivity index (χ1) is 19.0. The molecule has 0 atom stereocenters. The van der Waals surface area contributed by atoms with Crippen molar-refractivity contribution in [1.82, 2.24) is 19.9 Å². The highest BCUT2D eigenvalue weighted by Gasteiger charge is 2.31. The zero-order valence-corrected chi connectivity index (χ0v) is 22.2. The third kappa shape index (κ3) is 6.61. The molecule has 2 aromatic carbocycles. The van der Waals surface area contributed by atoms with Gasteiger partial charge in [0.05, 0.1) is 19.6 Å². The van der Waals surface area contributed by atoms with Crippen molar-refractivity contribution in [2.45, 2.75) is 46.2 Å². The lowest BCUT2D eigenvalue weighted by atomic mass is 10.1. The summed E-state index contributed by atoms with van der Waals surface area (Å²) in [5, 5.41) is 8.56. The van der Waals surface area contributed by atoms with Crippen molar-refractivity contribution in [3.05, 3.63) is 65.9 Å². The van der Waals surface area contributed by atoms with Gasteiger partial charge in [0, 0.05) is 23.4 Å². The summed E-state index contributed by atoms with van der Waals surface area (Å²) in [5.74, 6) is 0.199. The number of aryl methyl sites for hydroxylation is 1. The highest BCUT2D eigenvalue weighted by atomic mass is 19.4. The molecule has 0 N–H and O–H groups in total. The molecule has 3 heterocycles. The maximum atomic E-state index is 12.4. The molecule has 1 aliphatic rings. The summed E-state index contributed by atoms with van der Waals surface area (Å²) in [4.78, 5) is 18.4. The highest BCUT2D eigenvalue weighted by molar-refractivity contribution is 5.70. The molecule has 0 spiro atoms. The number of hydrogen-bond acceptors (Lipinski definition) is 8. The Hall–Kier alpha value is -4.35. The predicted molar refractivity (Wildman–Crippen MR) is 139 cm³/mol. The zero-order valence-electron chi connectivity index (χ0n) is 22.2. The van der Waals surface area contributed by atoms with Gasteiger partial charge in [-0.2, -0.15) is 10.1 Å². The number of carbonyl (C=O) groups is 1. The first kappa shape index (κ1) is 27.2. The Kier molecular flexibility index (Phi) is 7.51. The molecule has 2 aromatic heterocycles. The van der Waals surface area contributed by atoms with Crippen LogP contribution in [0.5, 0.6) is 5.75 Å². The fourth-order valence-electron chi connectivity index (χ4n) is 4.34. The number of ether oxygens (including phenoxy) is 2. The van der Waals surface area contributed by atoms with Crippen LogP contribution in [0.3, 0.4) is 0 Å². The average molecular weight is 556 g/mol. The molecule has 0 radical (unpaired) electrons. The second-order valence-electron chi connectivity index (χ2n) is 10.1. The minimum absolute atomic E-state index is 0.0868. The maximum Gasteiger partial charge on any atom is 0.573 e. The van der Waals surface area contributed by atoms with E-state index in [9.17, 15) is 18.0 Å². The first-order valence-electron chi connectivity index (χ1n) is 12.8. The van der Waals surface area contributed by atoms with E-state index in [1.54, 1.807) is 0 Å². The van der Waals surface area contributed by atoms with Crippen LogP contribution in [0.1, 0.15) is 31.5 Å². The lowest BCUT2D eigenvalue weighted by molar-refractivity contribution is -0.274. The molecule has 4 aromatic rings. The fourth-order valence-corrected chi connectivity index (χ4v) is 4.34. The average Bonchev–Trinajstić information content (AvgIpc) is 3.48. The molecule has 40 heavy (non-hydrogen) atoms. The molecule has 1 fully saturated rings. The lowest BCUT2D eigenvalue weighted by Gasteiger charge is -2.40. The topological polar surface area (TPSA) is 95.5 Å². The van der Waals surface area contributed by atoms with Crippen molar-refractivity contribution in [3.63, 3.8) is 0 Å². The highest BCUT2D eigenvalue weighted by Crippen LogP contribution is 2.28. The quantitative estimate of drug-likeness (QED) is 0.245. The van der Waals surface area contributed by atoms with E-state index in [-0.39, 0.29) is 35.5 Å². The van der Waals surface area contributed by atoms with E-state index >= 15 is 0 Å². The third-order valence-electron chi connectivity index (χ3n) is 6.30. The second-order valence-corrected chi connectivity index (χ2v) is 10.1. The molecule has 12 heteroatoms. The molecule has 0 aliphatic carbocycles. The van der Waals surface area contributed by atoms with Gasteiger partial charge in [-0.1, -0.05) is 31.1 Å². The van der Waals surface area contributed by atoms with Gasteiger partial charge >= 0.3 is 12.3 Å². The van der Waals surface area contributed by atoms with Gasteiger partial charge in [0.15, 0.2) is 5.69 Å². The number of benzene rings is 2. The Balaban J connectivity index is 1.22. The summed E-state index contributed by atoms with van der Waals surface area (Å²) in [6.07, 6.45) is -4.42. The van der Waals surface area contributed by atoms with Crippen molar-refractivity contribution in [2.24, 2.45) is 5.92 Å². The van der Waals surface area contributed by atoms with Crippen molar-refractivity contribution in [1.29, 1.82) is 0 Å². The summed E-state index contributed by atoms with van der Waals surface area (Å²) in [6, 6.07) is 15.1. The van der Waals surface area contributed by atoms with Crippen LogP contribution in [0.15, 0.2) is 59.1 Å². The van der Waals surface area contributed by atoms with Gasteiger partial charge in [-0.15, -0.1) is 13.2 Å². The van der Waals surface area contributed by atoms with Crippen LogP contribution in [0.2, 0.25) is 0 Å². The maximum absolute atomic E-state index is 12.4. The Bertz CT molecular complexity index is 1470. The summed E-state index contributed by atoms with van der Waals surface area (Å²) in [6.45, 7) is 7.74. The summed E-state index contributed by atoms with van der Waals surface area (Å²) < 4.78 is 53.8. The first-order valence-corrected chi connectivity index (χ1v) is 12.8. The van der Waals surface area contributed by atoms with Crippen molar-refractivity contribution in [3.8, 4) is 28.7 Å². The molecule has 9 nitrogen and oxygen atoms in total. The van der Waals surface area contributed by atoms with Crippen molar-refractivity contribution < 1.29 is 32.0 Å². The van der Waals surface area contributed by atoms with Crippen molar-refractivity contribution in [2.75, 3.05) is 18.0 Å². The standard InChI is InChI=1S/C28H28F3N5O4/c1-17(2)11-25(37)38-23-15-35(16-23)21-6-4-5-19(13-21)14-36-18(3)12-24(33-36)27-32-26(34-40-27)20-7-9-22(10-8-20)39-28(29,30)31/h4-10,12-13,17,23H,11,14-16H2,1-3H3. The Morgan fingerprint density at radius 2 is 1.88 bits per heavy atom. The fraction of sp³-hybridized carbons (Fsp3) is 0.357. The van der Waals surface area contributed by atoms with Crippen LogP contribution in [0.4, 0.5) is 18.9 Å². The van der Waals surface area contributed by atoms with Gasteiger partial charge in [0.1, 0.15) is 11.9 Å². The van der Waals surface area contributed by atoms with Gasteiger partial charge in [-0.05, 0) is 60.9 Å². The van der Waals surface area contributed by atoms with Gasteiger partial charge in [-0.25, -0.2) is 0 Å². The molecule has 1 saturated heterocycles. The smallest absolute Gasteiger partial charge is 0.459 e. The molecule has 0 unspecified atom stereocenters. The summed E-state index contributed by atoms with van der Waals surface area (Å²) in [5.41, 5.74) is 3.93. The molecule has 210 valence electrons.